The van der Waals surface area contributed by atoms with Gasteiger partial charge in [0.15, 0.2) is 5.76 Å². The van der Waals surface area contributed by atoms with Gasteiger partial charge in [-0.25, -0.2) is 8.42 Å². The molecule has 2 aromatic carbocycles. The number of rotatable bonds is 7. The topological polar surface area (TPSA) is 131 Å². The van der Waals surface area contributed by atoms with Gasteiger partial charge in [0.1, 0.15) is 22.4 Å². The Hall–Kier alpha value is -3.70. The van der Waals surface area contributed by atoms with Gasteiger partial charge in [0.2, 0.25) is 15.9 Å². The number of aryl methyl sites for hydroxylation is 2. The van der Waals surface area contributed by atoms with E-state index in [0.717, 1.165) is 0 Å². The first-order chi connectivity index (χ1) is 16.7. The maximum absolute atomic E-state index is 13.2. The largest absolute Gasteiger partial charge is 0.497 e. The van der Waals surface area contributed by atoms with Crippen LogP contribution >= 0.6 is 0 Å². The lowest BCUT2D eigenvalue weighted by molar-refractivity contribution is -0.119. The molecule has 1 aliphatic heterocycles. The summed E-state index contributed by atoms with van der Waals surface area (Å²) < 4.78 is 37.7. The molecule has 35 heavy (non-hydrogen) atoms. The number of ether oxygens (including phenoxy) is 1. The standard InChI is InChI=1S/C24H26N4O6S/c1-15-22(16(2)34-27-15)35(31,32)28-14-4-5-21(28)24(30)26-18-8-6-17(7-9-18)23(29)25-19-10-12-20(33-3)13-11-19/h6-13,21H,4-5,14H2,1-3H3,(H,25,29)(H,26,30)/t21-/m0/s1. The first-order valence-electron chi connectivity index (χ1n) is 11.0. The molecule has 0 saturated carbocycles. The van der Waals surface area contributed by atoms with Gasteiger partial charge in [-0.1, -0.05) is 5.16 Å². The number of benzene rings is 2. The summed E-state index contributed by atoms with van der Waals surface area (Å²) in [6.45, 7) is 3.32. The van der Waals surface area contributed by atoms with Gasteiger partial charge in [0, 0.05) is 23.5 Å². The second-order valence-corrected chi connectivity index (χ2v) is 10.0. The Kier molecular flexibility index (Phi) is 6.90. The first-order valence-corrected chi connectivity index (χ1v) is 12.5. The van der Waals surface area contributed by atoms with Gasteiger partial charge in [-0.3, -0.25) is 9.59 Å². The summed E-state index contributed by atoms with van der Waals surface area (Å²) in [5, 5.41) is 9.28. The second-order valence-electron chi connectivity index (χ2n) is 8.18. The van der Waals surface area contributed by atoms with Gasteiger partial charge in [0.05, 0.1) is 7.11 Å². The molecular formula is C24H26N4O6S. The number of amides is 2. The molecule has 0 unspecified atom stereocenters. The lowest BCUT2D eigenvalue weighted by Gasteiger charge is -2.23. The number of hydrogen-bond acceptors (Lipinski definition) is 7. The molecule has 2 amide bonds. The van der Waals surface area contributed by atoms with Crippen molar-refractivity contribution in [1.82, 2.24) is 9.46 Å². The highest BCUT2D eigenvalue weighted by Gasteiger charge is 2.41. The van der Waals surface area contributed by atoms with Gasteiger partial charge in [-0.2, -0.15) is 4.31 Å². The number of carbonyl (C=O) groups is 2. The van der Waals surface area contributed by atoms with Crippen molar-refractivity contribution in [3.63, 3.8) is 0 Å². The van der Waals surface area contributed by atoms with Crippen LogP contribution in [0.4, 0.5) is 11.4 Å². The number of hydrogen-bond donors (Lipinski definition) is 2. The zero-order valence-corrected chi connectivity index (χ0v) is 20.4. The molecule has 1 atom stereocenters. The molecule has 184 valence electrons. The Labute approximate surface area is 203 Å². The number of carbonyl (C=O) groups excluding carboxylic acids is 2. The van der Waals surface area contributed by atoms with Crippen LogP contribution in [0.3, 0.4) is 0 Å². The lowest BCUT2D eigenvalue weighted by Crippen LogP contribution is -2.43. The zero-order valence-electron chi connectivity index (χ0n) is 19.6. The summed E-state index contributed by atoms with van der Waals surface area (Å²) >= 11 is 0. The molecule has 4 rings (SSSR count). The van der Waals surface area contributed by atoms with Crippen LogP contribution in [0.25, 0.3) is 0 Å². The van der Waals surface area contributed by atoms with E-state index in [9.17, 15) is 18.0 Å². The van der Waals surface area contributed by atoms with Crippen LogP contribution in [0.1, 0.15) is 34.7 Å². The fourth-order valence-corrected chi connectivity index (χ4v) is 6.01. The molecule has 11 heteroatoms. The number of methoxy groups -OCH3 is 1. The highest BCUT2D eigenvalue weighted by atomic mass is 32.2. The van der Waals surface area contributed by atoms with Crippen LogP contribution in [0.2, 0.25) is 0 Å². The van der Waals surface area contributed by atoms with Gasteiger partial charge in [0.25, 0.3) is 5.91 Å². The minimum atomic E-state index is -3.94. The molecule has 3 aromatic rings. The summed E-state index contributed by atoms with van der Waals surface area (Å²) in [7, 11) is -2.37. The number of nitrogens with one attached hydrogen (secondary N) is 2. The molecule has 1 saturated heterocycles. The summed E-state index contributed by atoms with van der Waals surface area (Å²) in [6.07, 6.45) is 0.960. The normalized spacial score (nSPS) is 16.1. The van der Waals surface area contributed by atoms with E-state index >= 15 is 0 Å². The van der Waals surface area contributed by atoms with E-state index in [1.165, 1.54) is 11.2 Å². The third-order valence-electron chi connectivity index (χ3n) is 5.80. The van der Waals surface area contributed by atoms with Crippen molar-refractivity contribution in [3.8, 4) is 5.75 Å². The zero-order chi connectivity index (χ0) is 25.2. The highest BCUT2D eigenvalue weighted by Crippen LogP contribution is 2.30. The Balaban J connectivity index is 1.42. The second kappa shape index (κ2) is 9.88. The molecule has 1 fully saturated rings. The summed E-state index contributed by atoms with van der Waals surface area (Å²) in [5.74, 6) is 0.134. The van der Waals surface area contributed by atoms with E-state index < -0.39 is 22.0 Å². The quantitative estimate of drug-likeness (QED) is 0.511. The van der Waals surface area contributed by atoms with Crippen LogP contribution in [0, 0.1) is 13.8 Å². The molecular weight excluding hydrogens is 472 g/mol. The van der Waals surface area contributed by atoms with Crippen molar-refractivity contribution >= 4 is 33.2 Å². The van der Waals surface area contributed by atoms with Gasteiger partial charge < -0.3 is 19.9 Å². The van der Waals surface area contributed by atoms with E-state index in [4.69, 9.17) is 9.26 Å². The van der Waals surface area contributed by atoms with Crippen molar-refractivity contribution in [3.05, 3.63) is 65.5 Å². The Morgan fingerprint density at radius 1 is 1.03 bits per heavy atom. The number of nitrogens with zero attached hydrogens (tertiary/aromatic N) is 2. The number of sulfonamides is 1. The minimum Gasteiger partial charge on any atom is -0.497 e. The van der Waals surface area contributed by atoms with E-state index in [2.05, 4.69) is 15.8 Å². The predicted molar refractivity (Wildman–Crippen MR) is 129 cm³/mol. The summed E-state index contributed by atoms with van der Waals surface area (Å²) in [6, 6.07) is 12.5. The Bertz CT molecular complexity index is 1310. The molecule has 10 nitrogen and oxygen atoms in total. The maximum atomic E-state index is 13.2. The summed E-state index contributed by atoms with van der Waals surface area (Å²) in [4.78, 5) is 25.5. The van der Waals surface area contributed by atoms with Crippen LogP contribution in [-0.4, -0.2) is 49.4 Å². The van der Waals surface area contributed by atoms with Crippen LogP contribution in [0.5, 0.6) is 5.75 Å². The smallest absolute Gasteiger partial charge is 0.255 e. The van der Waals surface area contributed by atoms with E-state index in [1.54, 1.807) is 62.6 Å². The van der Waals surface area contributed by atoms with Crippen LogP contribution in [-0.2, 0) is 14.8 Å². The molecule has 0 radical (unpaired) electrons. The van der Waals surface area contributed by atoms with Crippen molar-refractivity contribution < 1.29 is 27.3 Å². The first kappa shape index (κ1) is 24.4. The SMILES string of the molecule is COc1ccc(NC(=O)c2ccc(NC(=O)[C@@H]3CCCN3S(=O)(=O)c3c(C)noc3C)cc2)cc1. The lowest BCUT2D eigenvalue weighted by atomic mass is 10.1. The Morgan fingerprint density at radius 3 is 2.26 bits per heavy atom. The highest BCUT2D eigenvalue weighted by molar-refractivity contribution is 7.89. The third-order valence-corrected chi connectivity index (χ3v) is 7.96. The van der Waals surface area contributed by atoms with Crippen LogP contribution < -0.4 is 15.4 Å². The van der Waals surface area contributed by atoms with Crippen molar-refractivity contribution in [2.24, 2.45) is 0 Å². The summed E-state index contributed by atoms with van der Waals surface area (Å²) in [5.41, 5.74) is 1.74. The molecule has 1 aromatic heterocycles. The van der Waals surface area contributed by atoms with Gasteiger partial charge in [-0.15, -0.1) is 0 Å². The van der Waals surface area contributed by atoms with Crippen molar-refractivity contribution in [2.45, 2.75) is 37.6 Å². The van der Waals surface area contributed by atoms with E-state index in [1.807, 2.05) is 0 Å². The maximum Gasteiger partial charge on any atom is 0.255 e. The average Bonchev–Trinajstić information content (AvgIpc) is 3.47. The molecule has 0 aliphatic carbocycles. The monoisotopic (exact) mass is 498 g/mol. The molecule has 1 aliphatic rings. The van der Waals surface area contributed by atoms with Crippen LogP contribution in [0.15, 0.2) is 57.9 Å². The predicted octanol–water partition coefficient (Wildman–Crippen LogP) is 3.34. The molecule has 0 bridgehead atoms. The molecule has 2 N–H and O–H groups in total. The Morgan fingerprint density at radius 2 is 1.66 bits per heavy atom. The van der Waals surface area contributed by atoms with Crippen molar-refractivity contribution in [2.75, 3.05) is 24.3 Å². The number of anilines is 2. The van der Waals surface area contributed by atoms with E-state index in [-0.39, 0.29) is 28.8 Å². The van der Waals surface area contributed by atoms with Gasteiger partial charge >= 0.3 is 0 Å². The van der Waals surface area contributed by atoms with Gasteiger partial charge in [-0.05, 0) is 75.2 Å². The van der Waals surface area contributed by atoms with E-state index in [0.29, 0.717) is 35.5 Å². The minimum absolute atomic E-state index is 0.00410. The fourth-order valence-electron chi connectivity index (χ4n) is 4.06. The fraction of sp³-hybridized carbons (Fsp3) is 0.292. The van der Waals surface area contributed by atoms with Crippen molar-refractivity contribution in [1.29, 1.82) is 0 Å². The number of aromatic nitrogens is 1. The molecule has 0 spiro atoms. The average molecular weight is 499 g/mol. The molecule has 2 heterocycles. The third kappa shape index (κ3) is 5.05.